The van der Waals surface area contributed by atoms with E-state index in [1.165, 1.54) is 48.2 Å². The van der Waals surface area contributed by atoms with Crippen LogP contribution in [0, 0.1) is 10.8 Å². The molecule has 0 amide bonds. The third kappa shape index (κ3) is 7.31. The van der Waals surface area contributed by atoms with Gasteiger partial charge in [0.25, 0.3) is 0 Å². The molecule has 0 aliphatic carbocycles. The molecule has 248 valence electrons. The highest BCUT2D eigenvalue weighted by Gasteiger charge is 2.39. The maximum Gasteiger partial charge on any atom is 0.138 e. The lowest BCUT2D eigenvalue weighted by Gasteiger charge is -2.41. The van der Waals surface area contributed by atoms with Crippen LogP contribution in [0.1, 0.15) is 59.9 Å². The molecule has 0 bridgehead atoms. The second-order valence-electron chi connectivity index (χ2n) is 14.9. The van der Waals surface area contributed by atoms with Gasteiger partial charge in [-0.05, 0) is 95.6 Å². The lowest BCUT2D eigenvalue weighted by atomic mass is 9.63. The maximum atomic E-state index is 6.97. The van der Waals surface area contributed by atoms with Crippen molar-refractivity contribution in [3.8, 4) is 0 Å². The fraction of sp³-hybridized carbons (Fsp3) is 0.217. The van der Waals surface area contributed by atoms with Crippen molar-refractivity contribution in [1.29, 1.82) is 0 Å². The highest BCUT2D eigenvalue weighted by atomic mass is 31.1. The van der Waals surface area contributed by atoms with E-state index in [4.69, 9.17) is 4.42 Å². The molecule has 0 radical (unpaired) electrons. The Morgan fingerprint density at radius 1 is 0.633 bits per heavy atom. The minimum atomic E-state index is -0.875. The second-order valence-corrected chi connectivity index (χ2v) is 19.3. The molecule has 0 saturated carbocycles. The summed E-state index contributed by atoms with van der Waals surface area (Å²) in [5.41, 5.74) is 3.25. The number of furan rings is 1. The zero-order chi connectivity index (χ0) is 34.8. The van der Waals surface area contributed by atoms with Gasteiger partial charge in [-0.2, -0.15) is 0 Å². The van der Waals surface area contributed by atoms with Crippen molar-refractivity contribution >= 4 is 64.3 Å². The normalized spacial score (nSPS) is 13.6. The van der Waals surface area contributed by atoms with E-state index < -0.39 is 15.8 Å². The lowest BCUT2D eigenvalue weighted by molar-refractivity contribution is 0.176. The van der Waals surface area contributed by atoms with Crippen LogP contribution in [0.4, 0.5) is 0 Å². The minimum Gasteiger partial charge on any atom is -0.456 e. The zero-order valence-corrected chi connectivity index (χ0v) is 31.7. The van der Waals surface area contributed by atoms with Crippen LogP contribution in [0.25, 0.3) is 21.9 Å². The van der Waals surface area contributed by atoms with Crippen LogP contribution in [-0.2, 0) is 0 Å². The highest BCUT2D eigenvalue weighted by molar-refractivity contribution is 7.79. The molecule has 0 aliphatic rings. The summed E-state index contributed by atoms with van der Waals surface area (Å²) in [6, 6.07) is 44.7. The van der Waals surface area contributed by atoms with Gasteiger partial charge in [0, 0.05) is 16.3 Å². The van der Waals surface area contributed by atoms with E-state index in [9.17, 15) is 0 Å². The van der Waals surface area contributed by atoms with E-state index in [0.29, 0.717) is 0 Å². The van der Waals surface area contributed by atoms with E-state index >= 15 is 0 Å². The van der Waals surface area contributed by atoms with Crippen molar-refractivity contribution in [2.24, 2.45) is 10.8 Å². The third-order valence-electron chi connectivity index (χ3n) is 9.05. The summed E-state index contributed by atoms with van der Waals surface area (Å²) in [4.78, 5) is 0. The van der Waals surface area contributed by atoms with Gasteiger partial charge in [0.1, 0.15) is 11.2 Å². The molecule has 0 aliphatic heterocycles. The number of rotatable bonds is 9. The summed E-state index contributed by atoms with van der Waals surface area (Å²) in [5.74, 6) is 0.245. The van der Waals surface area contributed by atoms with Crippen LogP contribution < -0.4 is 26.5 Å². The molecule has 0 spiro atoms. The predicted octanol–water partition coefficient (Wildman–Crippen LogP) is 11.6. The maximum absolute atomic E-state index is 6.97. The average Bonchev–Trinajstić information content (AvgIpc) is 3.44. The minimum absolute atomic E-state index is 0.00148. The smallest absolute Gasteiger partial charge is 0.138 e. The van der Waals surface area contributed by atoms with Crippen molar-refractivity contribution < 1.29 is 4.42 Å². The largest absolute Gasteiger partial charge is 0.456 e. The zero-order valence-electron chi connectivity index (χ0n) is 29.9. The highest BCUT2D eigenvalue weighted by Crippen LogP contribution is 2.52. The van der Waals surface area contributed by atoms with E-state index in [1.54, 1.807) is 0 Å². The van der Waals surface area contributed by atoms with Crippen LogP contribution in [0.15, 0.2) is 162 Å². The Morgan fingerprint density at radius 3 is 1.67 bits per heavy atom. The Kier molecular flexibility index (Phi) is 10.3. The van der Waals surface area contributed by atoms with Gasteiger partial charge in [0.15, 0.2) is 0 Å². The van der Waals surface area contributed by atoms with Crippen LogP contribution >= 0.6 is 15.8 Å². The fourth-order valence-electron chi connectivity index (χ4n) is 7.71. The van der Waals surface area contributed by atoms with Gasteiger partial charge in [0.2, 0.25) is 0 Å². The van der Waals surface area contributed by atoms with Crippen LogP contribution in [0.3, 0.4) is 0 Å². The standard InChI is InChI=1S/C46H48OP2/c1-9-20-33(21-10-2)49(36-26-18-13-19-27-36)38-31-40-39-30-37(48(34-22-14-11-15-23-34)35-24-16-12-17-25-35)28-29-42(39)47-43(40)41(32-38)44(45(3,4)5)46(6,7)8/h9-32,44H,1H2,2-8H3/b21-10-,33-20+. The molecule has 0 N–H and O–H groups in total. The summed E-state index contributed by atoms with van der Waals surface area (Å²) in [7, 11) is -1.63. The molecule has 1 nitrogen and oxygen atoms in total. The number of fused-ring (bicyclic) bond motifs is 3. The van der Waals surface area contributed by atoms with Gasteiger partial charge in [-0.25, -0.2) is 0 Å². The average molecular weight is 679 g/mol. The first-order valence-corrected chi connectivity index (χ1v) is 19.9. The Labute approximate surface area is 296 Å². The molecule has 0 saturated heterocycles. The van der Waals surface area contributed by atoms with Crippen molar-refractivity contribution in [1.82, 2.24) is 0 Å². The SMILES string of the molecule is C=C/C=C(\C=C/C)P(c1ccccc1)c1cc(C(C(C)(C)C)C(C)(C)C)c2oc3ccc(P(c4ccccc4)c4ccccc4)cc3c2c1. The Morgan fingerprint density at radius 2 is 1.16 bits per heavy atom. The van der Waals surface area contributed by atoms with Crippen LogP contribution in [0.2, 0.25) is 0 Å². The first-order valence-electron chi connectivity index (χ1n) is 17.2. The van der Waals surface area contributed by atoms with Gasteiger partial charge >= 0.3 is 0 Å². The lowest BCUT2D eigenvalue weighted by Crippen LogP contribution is -2.31. The molecule has 1 aromatic heterocycles. The molecule has 6 rings (SSSR count). The second kappa shape index (κ2) is 14.5. The van der Waals surface area contributed by atoms with Crippen LogP contribution in [0.5, 0.6) is 0 Å². The monoisotopic (exact) mass is 678 g/mol. The summed E-state index contributed by atoms with van der Waals surface area (Å²) in [6.45, 7) is 20.4. The van der Waals surface area contributed by atoms with Crippen molar-refractivity contribution in [2.75, 3.05) is 0 Å². The summed E-state index contributed by atoms with van der Waals surface area (Å²) in [5, 5.41) is 10.3. The van der Waals surface area contributed by atoms with Crippen molar-refractivity contribution in [2.45, 2.75) is 54.4 Å². The first kappa shape index (κ1) is 34.8. The van der Waals surface area contributed by atoms with E-state index in [0.717, 1.165) is 11.2 Å². The number of benzene rings is 5. The Balaban J connectivity index is 1.70. The predicted molar refractivity (Wildman–Crippen MR) is 220 cm³/mol. The molecule has 1 heterocycles. The molecule has 6 aromatic rings. The van der Waals surface area contributed by atoms with Gasteiger partial charge < -0.3 is 4.42 Å². The molecule has 5 aromatic carbocycles. The van der Waals surface area contributed by atoms with Crippen molar-refractivity contribution in [3.63, 3.8) is 0 Å². The quantitative estimate of drug-likeness (QED) is 0.110. The van der Waals surface area contributed by atoms with Gasteiger partial charge in [0.05, 0.1) is 0 Å². The molecule has 1 unspecified atom stereocenters. The van der Waals surface area contributed by atoms with Crippen molar-refractivity contribution in [3.05, 3.63) is 163 Å². The summed E-state index contributed by atoms with van der Waals surface area (Å²) in [6.07, 6.45) is 8.52. The molecular formula is C46H48OP2. The number of hydrogen-bond acceptors (Lipinski definition) is 1. The van der Waals surface area contributed by atoms with Gasteiger partial charge in [-0.1, -0.05) is 169 Å². The Bertz CT molecular complexity index is 2050. The van der Waals surface area contributed by atoms with Gasteiger partial charge in [-0.15, -0.1) is 0 Å². The molecule has 0 fully saturated rings. The van der Waals surface area contributed by atoms with E-state index in [-0.39, 0.29) is 16.7 Å². The number of allylic oxidation sites excluding steroid dienone is 5. The third-order valence-corrected chi connectivity index (χ3v) is 13.9. The number of hydrogen-bond donors (Lipinski definition) is 0. The van der Waals surface area contributed by atoms with Crippen LogP contribution in [-0.4, -0.2) is 0 Å². The fourth-order valence-corrected chi connectivity index (χ4v) is 12.5. The topological polar surface area (TPSA) is 13.1 Å². The van der Waals surface area contributed by atoms with Gasteiger partial charge in [-0.3, -0.25) is 0 Å². The molecule has 1 atom stereocenters. The molecule has 3 heteroatoms. The molecule has 49 heavy (non-hydrogen) atoms. The molecular weight excluding hydrogens is 630 g/mol. The van der Waals surface area contributed by atoms with E-state index in [1.807, 2.05) is 6.08 Å². The Hall–Kier alpha value is -4.02. The first-order chi connectivity index (χ1) is 23.5. The summed E-state index contributed by atoms with van der Waals surface area (Å²) < 4.78 is 6.97. The van der Waals surface area contributed by atoms with E-state index in [2.05, 4.69) is 195 Å². The summed E-state index contributed by atoms with van der Waals surface area (Å²) >= 11 is 0.